The Kier molecular flexibility index (Phi) is 8.69. The van der Waals surface area contributed by atoms with Crippen LogP contribution in [-0.2, 0) is 11.3 Å². The number of esters is 1. The van der Waals surface area contributed by atoms with E-state index in [2.05, 4.69) is 4.57 Å². The van der Waals surface area contributed by atoms with E-state index in [-0.39, 0.29) is 12.6 Å². The van der Waals surface area contributed by atoms with Gasteiger partial charge >= 0.3 is 5.97 Å². The lowest BCUT2D eigenvalue weighted by atomic mass is 9.94. The van der Waals surface area contributed by atoms with Gasteiger partial charge in [-0.25, -0.2) is 14.2 Å². The van der Waals surface area contributed by atoms with Gasteiger partial charge in [0.1, 0.15) is 24.0 Å². The molecule has 0 bridgehead atoms. The molecule has 1 heterocycles. The van der Waals surface area contributed by atoms with Gasteiger partial charge in [0.05, 0.1) is 29.3 Å². The van der Waals surface area contributed by atoms with Crippen LogP contribution in [0.2, 0.25) is 5.02 Å². The van der Waals surface area contributed by atoms with Gasteiger partial charge in [0.25, 0.3) is 5.24 Å². The summed E-state index contributed by atoms with van der Waals surface area (Å²) < 4.78 is 28.9. The van der Waals surface area contributed by atoms with E-state index in [0.717, 1.165) is 42.3 Å². The van der Waals surface area contributed by atoms with Gasteiger partial charge in [0.15, 0.2) is 0 Å². The number of methoxy groups -OCH3 is 1. The molecule has 0 unspecified atom stereocenters. The first-order chi connectivity index (χ1) is 21.3. The summed E-state index contributed by atoms with van der Waals surface area (Å²) in [4.78, 5) is 28.9. The zero-order valence-electron chi connectivity index (χ0n) is 24.0. The smallest absolute Gasteiger partial charge is 0.337 e. The number of nitrogens with zero attached hydrogens (tertiary/aromatic N) is 2. The number of hydrogen-bond donors (Lipinski definition) is 0. The van der Waals surface area contributed by atoms with Crippen LogP contribution in [0.3, 0.4) is 0 Å². The van der Waals surface area contributed by atoms with E-state index in [4.69, 9.17) is 37.7 Å². The number of hydrogen-bond acceptors (Lipinski definition) is 5. The van der Waals surface area contributed by atoms with E-state index < -0.39 is 17.0 Å². The van der Waals surface area contributed by atoms with Gasteiger partial charge in [-0.05, 0) is 95.7 Å². The summed E-state index contributed by atoms with van der Waals surface area (Å²) in [6.07, 6.45) is 5.30. The van der Waals surface area contributed by atoms with Gasteiger partial charge in [0.2, 0.25) is 0 Å². The maximum absolute atomic E-state index is 15.9. The number of benzene rings is 4. The Morgan fingerprint density at radius 2 is 1.64 bits per heavy atom. The molecule has 0 aliphatic heterocycles. The molecular formula is C35H29Cl2FN2O4. The summed E-state index contributed by atoms with van der Waals surface area (Å²) in [5.74, 6) is -0.0975. The van der Waals surface area contributed by atoms with Crippen molar-refractivity contribution < 1.29 is 23.5 Å². The van der Waals surface area contributed by atoms with Crippen molar-refractivity contribution in [3.63, 3.8) is 0 Å². The molecule has 0 spiro atoms. The van der Waals surface area contributed by atoms with Gasteiger partial charge < -0.3 is 14.0 Å². The van der Waals surface area contributed by atoms with E-state index in [1.54, 1.807) is 48.5 Å². The lowest BCUT2D eigenvalue weighted by Gasteiger charge is -2.25. The van der Waals surface area contributed by atoms with Crippen molar-refractivity contribution in [2.24, 2.45) is 0 Å². The fourth-order valence-electron chi connectivity index (χ4n) is 5.92. The second kappa shape index (κ2) is 12.8. The molecule has 224 valence electrons. The average molecular weight is 632 g/mol. The van der Waals surface area contributed by atoms with Crippen LogP contribution in [0.4, 0.5) is 4.39 Å². The third-order valence-electron chi connectivity index (χ3n) is 8.11. The molecule has 0 N–H and O–H groups in total. The monoisotopic (exact) mass is 630 g/mol. The molecule has 0 saturated heterocycles. The minimum Gasteiger partial charge on any atom is -0.489 e. The van der Waals surface area contributed by atoms with Crippen LogP contribution in [0.1, 0.15) is 64.4 Å². The molecule has 0 atom stereocenters. The van der Waals surface area contributed by atoms with Crippen LogP contribution in [0.25, 0.3) is 33.5 Å². The maximum Gasteiger partial charge on any atom is 0.337 e. The quantitative estimate of drug-likeness (QED) is 0.126. The van der Waals surface area contributed by atoms with Crippen LogP contribution in [0, 0.1) is 5.82 Å². The van der Waals surface area contributed by atoms with Crippen molar-refractivity contribution in [3.05, 3.63) is 106 Å². The largest absolute Gasteiger partial charge is 0.489 e. The fourth-order valence-corrected chi connectivity index (χ4v) is 6.16. The van der Waals surface area contributed by atoms with Gasteiger partial charge in [0, 0.05) is 22.7 Å². The first-order valence-corrected chi connectivity index (χ1v) is 15.2. The van der Waals surface area contributed by atoms with Crippen LogP contribution in [-0.4, -0.2) is 27.9 Å². The van der Waals surface area contributed by atoms with Gasteiger partial charge in [-0.15, -0.1) is 0 Å². The molecular weight excluding hydrogens is 602 g/mol. The predicted octanol–water partition coefficient (Wildman–Crippen LogP) is 9.41. The Morgan fingerprint density at radius 1 is 0.909 bits per heavy atom. The number of carbonyl (C=O) groups is 2. The summed E-state index contributed by atoms with van der Waals surface area (Å²) in [6, 6.07) is 22.6. The van der Waals surface area contributed by atoms with Crippen molar-refractivity contribution in [1.82, 2.24) is 9.55 Å². The molecule has 44 heavy (non-hydrogen) atoms. The lowest BCUT2D eigenvalue weighted by Crippen LogP contribution is -2.14. The number of carbonyl (C=O) groups excluding carboxylic acids is 2. The first kappa shape index (κ1) is 29.9. The summed E-state index contributed by atoms with van der Waals surface area (Å²) in [6.45, 7) is 0.0750. The van der Waals surface area contributed by atoms with Crippen molar-refractivity contribution in [3.8, 4) is 28.3 Å². The summed E-state index contributed by atoms with van der Waals surface area (Å²) in [5, 5.41) is 0.0273. The number of aromatic nitrogens is 2. The molecule has 5 aromatic rings. The predicted molar refractivity (Wildman–Crippen MR) is 170 cm³/mol. The number of fused-ring (bicyclic) bond motifs is 1. The number of halogens is 3. The molecule has 0 amide bonds. The topological polar surface area (TPSA) is 70.4 Å². The van der Waals surface area contributed by atoms with E-state index in [1.807, 2.05) is 24.3 Å². The summed E-state index contributed by atoms with van der Waals surface area (Å²) in [5.41, 5.74) is 4.97. The van der Waals surface area contributed by atoms with Crippen molar-refractivity contribution in [2.75, 3.05) is 7.11 Å². The Morgan fingerprint density at radius 3 is 2.34 bits per heavy atom. The minimum atomic E-state index is -0.580. The second-order valence-electron chi connectivity index (χ2n) is 10.9. The third-order valence-corrected chi connectivity index (χ3v) is 8.58. The highest BCUT2D eigenvalue weighted by atomic mass is 35.5. The molecule has 6 rings (SSSR count). The minimum absolute atomic E-state index is 0.0750. The number of imidazole rings is 1. The van der Waals surface area contributed by atoms with Crippen molar-refractivity contribution >= 4 is 45.4 Å². The zero-order valence-corrected chi connectivity index (χ0v) is 25.5. The highest BCUT2D eigenvalue weighted by Crippen LogP contribution is 2.38. The molecule has 0 radical (unpaired) electrons. The Labute approximate surface area is 264 Å². The summed E-state index contributed by atoms with van der Waals surface area (Å²) in [7, 11) is 1.34. The highest BCUT2D eigenvalue weighted by Gasteiger charge is 2.25. The Balaban J connectivity index is 1.33. The number of ether oxygens (including phenoxy) is 2. The van der Waals surface area contributed by atoms with E-state index in [0.29, 0.717) is 44.4 Å². The van der Waals surface area contributed by atoms with E-state index in [9.17, 15) is 9.59 Å². The number of rotatable bonds is 8. The molecule has 9 heteroatoms. The SMILES string of the molecule is COC(=O)c1ccc2c(c1)nc(-c1ccc(OCc3cc(C(=O)Cl)ccc3-c3ccc(Cl)cc3)cc1F)n2C1CCCCC1. The molecule has 1 aromatic heterocycles. The van der Waals surface area contributed by atoms with Gasteiger partial charge in [-0.1, -0.05) is 49.1 Å². The maximum atomic E-state index is 15.9. The zero-order chi connectivity index (χ0) is 30.8. The molecule has 4 aromatic carbocycles. The third kappa shape index (κ3) is 6.07. The molecule has 1 saturated carbocycles. The average Bonchev–Trinajstić information content (AvgIpc) is 3.42. The molecule has 1 aliphatic carbocycles. The molecule has 1 fully saturated rings. The van der Waals surface area contributed by atoms with Crippen LogP contribution in [0.5, 0.6) is 5.75 Å². The lowest BCUT2D eigenvalue weighted by molar-refractivity contribution is 0.0600. The van der Waals surface area contributed by atoms with Crippen LogP contribution in [0.15, 0.2) is 78.9 Å². The highest BCUT2D eigenvalue weighted by molar-refractivity contribution is 6.67. The Hall–Kier alpha value is -4.20. The van der Waals surface area contributed by atoms with Crippen molar-refractivity contribution in [1.29, 1.82) is 0 Å². The normalized spacial score (nSPS) is 13.6. The van der Waals surface area contributed by atoms with E-state index >= 15 is 4.39 Å². The van der Waals surface area contributed by atoms with E-state index in [1.165, 1.54) is 19.6 Å². The molecule has 1 aliphatic rings. The first-order valence-electron chi connectivity index (χ1n) is 14.4. The fraction of sp³-hybridized carbons (Fsp3) is 0.229. The van der Waals surface area contributed by atoms with Crippen LogP contribution < -0.4 is 4.74 Å². The molecule has 6 nitrogen and oxygen atoms in total. The van der Waals surface area contributed by atoms with Crippen LogP contribution >= 0.6 is 23.2 Å². The standard InChI is InChI=1S/C35H29Cl2FN2O4/c1-43-35(42)23-10-16-32-31(18-23)39-34(40(32)26-5-3-2-4-6-26)29-15-13-27(19-30(29)38)44-20-24-17-22(33(37)41)9-14-28(24)21-7-11-25(36)12-8-21/h7-19,26H,2-6,20H2,1H3. The van der Waals surface area contributed by atoms with Gasteiger partial charge in [-0.2, -0.15) is 0 Å². The van der Waals surface area contributed by atoms with Crippen molar-refractivity contribution in [2.45, 2.75) is 44.8 Å². The van der Waals surface area contributed by atoms with Gasteiger partial charge in [-0.3, -0.25) is 4.79 Å². The second-order valence-corrected chi connectivity index (χ2v) is 11.7. The Bertz CT molecular complexity index is 1860. The summed E-state index contributed by atoms with van der Waals surface area (Å²) >= 11 is 11.8.